The third-order valence-electron chi connectivity index (χ3n) is 14.7. The summed E-state index contributed by atoms with van der Waals surface area (Å²) >= 11 is 0. The quantitative estimate of drug-likeness (QED) is 0.329. The number of esters is 1. The topological polar surface area (TPSA) is 118 Å². The summed E-state index contributed by atoms with van der Waals surface area (Å²) in [7, 11) is 0. The second-order valence-electron chi connectivity index (χ2n) is 17.2. The second-order valence-corrected chi connectivity index (χ2v) is 17.2. The zero-order valence-electron chi connectivity index (χ0n) is 28.0. The van der Waals surface area contributed by atoms with Gasteiger partial charge >= 0.3 is 17.9 Å². The number of allylic oxidation sites excluding steroid dienone is 2. The van der Waals surface area contributed by atoms with E-state index in [1.807, 2.05) is 13.0 Å². The van der Waals surface area contributed by atoms with Gasteiger partial charge < -0.3 is 14.9 Å². The lowest BCUT2D eigenvalue weighted by Gasteiger charge is -2.70. The Morgan fingerprint density at radius 1 is 0.822 bits per heavy atom. The van der Waals surface area contributed by atoms with E-state index in [-0.39, 0.29) is 56.3 Å². The van der Waals surface area contributed by atoms with Gasteiger partial charge in [-0.1, -0.05) is 59.2 Å². The molecule has 0 aromatic heterocycles. The summed E-state index contributed by atoms with van der Waals surface area (Å²) in [5, 5.41) is 19.8. The molecule has 0 aliphatic heterocycles. The summed E-state index contributed by atoms with van der Waals surface area (Å²) in [6.07, 6.45) is 8.86. The zero-order chi connectivity index (χ0) is 33.0. The van der Waals surface area contributed by atoms with Crippen LogP contribution in [0.4, 0.5) is 0 Å². The highest BCUT2D eigenvalue weighted by Crippen LogP contribution is 2.75. The number of carbonyl (C=O) groups is 4. The number of aromatic carboxylic acids is 1. The lowest BCUT2D eigenvalue weighted by molar-refractivity contribution is -0.202. The number of benzene rings is 1. The molecule has 0 heterocycles. The van der Waals surface area contributed by atoms with Gasteiger partial charge in [0.2, 0.25) is 0 Å². The van der Waals surface area contributed by atoms with Crippen LogP contribution in [0.15, 0.2) is 35.9 Å². The summed E-state index contributed by atoms with van der Waals surface area (Å²) < 4.78 is 6.13. The van der Waals surface area contributed by atoms with Crippen molar-refractivity contribution < 1.29 is 34.1 Å². The highest BCUT2D eigenvalue weighted by Gasteiger charge is 2.70. The first-order valence-corrected chi connectivity index (χ1v) is 16.9. The molecule has 1 aromatic rings. The van der Waals surface area contributed by atoms with Crippen molar-refractivity contribution in [3.63, 3.8) is 0 Å². The average molecular weight is 619 g/mol. The van der Waals surface area contributed by atoms with Crippen molar-refractivity contribution in [2.75, 3.05) is 0 Å². The van der Waals surface area contributed by atoms with Gasteiger partial charge in [0, 0.05) is 11.3 Å². The molecule has 0 saturated heterocycles. The summed E-state index contributed by atoms with van der Waals surface area (Å²) in [4.78, 5) is 52.1. The minimum absolute atomic E-state index is 0.00800. The number of ether oxygens (including phenoxy) is 1. The van der Waals surface area contributed by atoms with Crippen LogP contribution >= 0.6 is 0 Å². The van der Waals surface area contributed by atoms with E-state index in [0.29, 0.717) is 19.3 Å². The highest BCUT2D eigenvalue weighted by molar-refractivity contribution is 6.02. The van der Waals surface area contributed by atoms with E-state index in [4.69, 9.17) is 4.74 Å². The Bertz CT molecular complexity index is 1510. The number of hydrogen-bond acceptors (Lipinski definition) is 5. The lowest BCUT2D eigenvalue weighted by Crippen LogP contribution is -2.66. The number of aliphatic carboxylic acids is 1. The van der Waals surface area contributed by atoms with Gasteiger partial charge in [0.05, 0.1) is 16.5 Å². The molecule has 45 heavy (non-hydrogen) atoms. The van der Waals surface area contributed by atoms with Gasteiger partial charge in [-0.15, -0.1) is 0 Å². The Morgan fingerprint density at radius 3 is 2.11 bits per heavy atom. The molecule has 0 radical (unpaired) electrons. The van der Waals surface area contributed by atoms with Crippen LogP contribution in [0.25, 0.3) is 0 Å². The van der Waals surface area contributed by atoms with E-state index in [9.17, 15) is 29.4 Å². The molecule has 5 aliphatic carbocycles. The van der Waals surface area contributed by atoms with Gasteiger partial charge in [-0.05, 0) is 116 Å². The Hall–Kier alpha value is -2.96. The fraction of sp³-hybridized carbons (Fsp3) is 0.684. The molecular weight excluding hydrogens is 568 g/mol. The van der Waals surface area contributed by atoms with Crippen LogP contribution in [0.3, 0.4) is 0 Å². The summed E-state index contributed by atoms with van der Waals surface area (Å²) in [6, 6.07) is 6.17. The molecule has 0 bridgehead atoms. The van der Waals surface area contributed by atoms with Crippen LogP contribution < -0.4 is 0 Å². The molecule has 1 aromatic carbocycles. The molecule has 6 rings (SSSR count). The number of fused-ring (bicyclic) bond motifs is 7. The zero-order valence-corrected chi connectivity index (χ0v) is 28.0. The molecule has 244 valence electrons. The maximum Gasteiger partial charge on any atom is 0.339 e. The normalized spacial score (nSPS) is 43.4. The maximum atomic E-state index is 14.6. The van der Waals surface area contributed by atoms with Crippen LogP contribution in [-0.2, 0) is 14.3 Å². The van der Waals surface area contributed by atoms with Crippen LogP contribution in [0, 0.1) is 50.2 Å². The first-order valence-electron chi connectivity index (χ1n) is 16.9. The van der Waals surface area contributed by atoms with Crippen molar-refractivity contribution in [2.45, 2.75) is 112 Å². The van der Waals surface area contributed by atoms with Crippen molar-refractivity contribution >= 4 is 23.7 Å². The molecule has 4 saturated carbocycles. The van der Waals surface area contributed by atoms with Gasteiger partial charge in [0.1, 0.15) is 6.10 Å². The molecule has 0 amide bonds. The number of ketones is 1. The second kappa shape index (κ2) is 10.0. The van der Waals surface area contributed by atoms with Gasteiger partial charge in [-0.3, -0.25) is 9.59 Å². The van der Waals surface area contributed by atoms with Gasteiger partial charge in [-0.25, -0.2) is 9.59 Å². The molecule has 7 heteroatoms. The number of carbonyl (C=O) groups excluding carboxylic acids is 2. The predicted molar refractivity (Wildman–Crippen MR) is 170 cm³/mol. The first kappa shape index (κ1) is 32.0. The van der Waals surface area contributed by atoms with Crippen molar-refractivity contribution in [3.05, 3.63) is 47.0 Å². The molecule has 4 fully saturated rings. The Labute approximate surface area is 267 Å². The molecule has 7 nitrogen and oxygen atoms in total. The predicted octanol–water partition coefficient (Wildman–Crippen LogP) is 7.98. The first-order chi connectivity index (χ1) is 20.8. The minimum Gasteiger partial charge on any atom is -0.481 e. The SMILES string of the molecule is CC1(C)C2CC[C@]3(C)C(C(=O)C=C4[C@H]5C[C@](C)(C(=O)O)CC[C@]5(C)CC[C@]43C)[C@@]2(C)CC[C@@H]1OC(=O)c1ccccc1C(=O)O. The van der Waals surface area contributed by atoms with Crippen LogP contribution in [0.5, 0.6) is 0 Å². The fourth-order valence-corrected chi connectivity index (χ4v) is 11.6. The van der Waals surface area contributed by atoms with E-state index >= 15 is 0 Å². The van der Waals surface area contributed by atoms with E-state index in [0.717, 1.165) is 38.5 Å². The van der Waals surface area contributed by atoms with E-state index in [2.05, 4.69) is 41.5 Å². The summed E-state index contributed by atoms with van der Waals surface area (Å²) in [5.74, 6) is -2.29. The fourth-order valence-electron chi connectivity index (χ4n) is 11.6. The van der Waals surface area contributed by atoms with Crippen molar-refractivity contribution in [3.8, 4) is 0 Å². The van der Waals surface area contributed by atoms with Crippen molar-refractivity contribution in [1.29, 1.82) is 0 Å². The number of carboxylic acid groups (broad SMARTS) is 2. The van der Waals surface area contributed by atoms with Gasteiger partial charge in [-0.2, -0.15) is 0 Å². The van der Waals surface area contributed by atoms with Gasteiger partial charge in [0.15, 0.2) is 5.78 Å². The third-order valence-corrected chi connectivity index (χ3v) is 14.7. The Balaban J connectivity index is 1.33. The molecule has 2 N–H and O–H groups in total. The summed E-state index contributed by atoms with van der Waals surface area (Å²) in [5.41, 5.74) is -0.770. The standard InChI is InChI=1S/C38H50O7/c1-33(2)27-12-15-38(7)29(36(27,5)14-13-28(33)45-31(42)23-11-9-8-10-22(23)30(40)41)26(39)20-24-25-21-35(4,32(43)44)17-16-34(25,3)18-19-37(24,38)6/h8-11,20,25,27-29H,12-19,21H2,1-7H3,(H,40,41)(H,43,44)/t25-,27?,28+,29?,34-,35-,36+,37-,38-/m1/s1. The van der Waals surface area contributed by atoms with Crippen molar-refractivity contribution in [2.24, 2.45) is 50.2 Å². The maximum absolute atomic E-state index is 14.6. The van der Waals surface area contributed by atoms with Crippen LogP contribution in [0.1, 0.15) is 127 Å². The largest absolute Gasteiger partial charge is 0.481 e. The van der Waals surface area contributed by atoms with E-state index in [1.54, 1.807) is 12.1 Å². The number of carboxylic acids is 2. The highest BCUT2D eigenvalue weighted by atomic mass is 16.5. The number of rotatable bonds is 4. The van der Waals surface area contributed by atoms with Crippen LogP contribution in [0.2, 0.25) is 0 Å². The van der Waals surface area contributed by atoms with Crippen LogP contribution in [-0.4, -0.2) is 40.0 Å². The molecule has 5 aliphatic rings. The summed E-state index contributed by atoms with van der Waals surface area (Å²) in [6.45, 7) is 15.5. The monoisotopic (exact) mass is 618 g/mol. The van der Waals surface area contributed by atoms with E-state index < -0.39 is 34.8 Å². The van der Waals surface area contributed by atoms with E-state index in [1.165, 1.54) is 17.7 Å². The average Bonchev–Trinajstić information content (AvgIpc) is 2.96. The van der Waals surface area contributed by atoms with Crippen molar-refractivity contribution in [1.82, 2.24) is 0 Å². The molecule has 9 atom stereocenters. The smallest absolute Gasteiger partial charge is 0.339 e. The lowest BCUT2D eigenvalue weighted by atomic mass is 9.33. The Kier molecular flexibility index (Phi) is 7.12. The molecule has 2 unspecified atom stereocenters. The molecular formula is C38H50O7. The Morgan fingerprint density at radius 2 is 1.47 bits per heavy atom. The minimum atomic E-state index is -1.16. The van der Waals surface area contributed by atoms with Gasteiger partial charge in [0.25, 0.3) is 0 Å². The number of hydrogen-bond donors (Lipinski definition) is 2. The molecule has 0 spiro atoms. The third kappa shape index (κ3) is 4.34.